The van der Waals surface area contributed by atoms with E-state index in [1.54, 1.807) is 7.05 Å². The quantitative estimate of drug-likeness (QED) is 0.355. The van der Waals surface area contributed by atoms with Crippen LogP contribution in [-0.2, 0) is 18.1 Å². The molecule has 0 spiro atoms. The maximum Gasteiger partial charge on any atom is 1.00 e. The van der Waals surface area contributed by atoms with Gasteiger partial charge in [0.15, 0.2) is 0 Å². The first-order chi connectivity index (χ1) is 4.63. The van der Waals surface area contributed by atoms with Gasteiger partial charge in [-0.15, -0.1) is 0 Å². The number of hydrogen-bond acceptors (Lipinski definition) is 3. The van der Waals surface area contributed by atoms with Gasteiger partial charge in [-0.05, 0) is 11.1 Å². The number of aromatic nitrogens is 2. The number of hydrogen-bond donors (Lipinski definition) is 0. The van der Waals surface area contributed by atoms with Crippen molar-refractivity contribution in [2.24, 2.45) is 7.05 Å². The van der Waals surface area contributed by atoms with Crippen molar-refractivity contribution >= 4 is 22.7 Å². The molecule has 56 valence electrons. The minimum atomic E-state index is -2.28. The fourth-order valence-corrected chi connectivity index (χ4v) is 1.20. The molecule has 4 nitrogen and oxygen atoms in total. The standard InChI is InChI=1S/C4H5ClN2O2S.Li/c1-7-4(5)3(2-6-7)10(8)9;/h2H,1H3,(H,8,9);/q;+1/p-1. The molecule has 0 bridgehead atoms. The van der Waals surface area contributed by atoms with Crippen molar-refractivity contribution in [1.82, 2.24) is 9.78 Å². The van der Waals surface area contributed by atoms with Crippen LogP contribution in [0.2, 0.25) is 5.15 Å². The van der Waals surface area contributed by atoms with Gasteiger partial charge in [0.05, 0.1) is 11.1 Å². The molecule has 0 radical (unpaired) electrons. The second-order valence-corrected chi connectivity index (χ2v) is 2.93. The van der Waals surface area contributed by atoms with Gasteiger partial charge >= 0.3 is 18.9 Å². The Hall–Kier alpha value is 0.207. The van der Waals surface area contributed by atoms with Gasteiger partial charge in [0.25, 0.3) is 0 Å². The van der Waals surface area contributed by atoms with Crippen molar-refractivity contribution in [2.45, 2.75) is 4.90 Å². The fourth-order valence-electron chi connectivity index (χ4n) is 0.514. The molecular weight excluding hydrogens is 183 g/mol. The summed E-state index contributed by atoms with van der Waals surface area (Å²) in [6, 6.07) is 0. The number of halogens is 1. The molecule has 0 fully saturated rings. The van der Waals surface area contributed by atoms with E-state index in [9.17, 15) is 8.76 Å². The van der Waals surface area contributed by atoms with Crippen LogP contribution in [0.15, 0.2) is 11.1 Å². The normalized spacial score (nSPS) is 12.3. The van der Waals surface area contributed by atoms with E-state index >= 15 is 0 Å². The monoisotopic (exact) mass is 186 g/mol. The summed E-state index contributed by atoms with van der Waals surface area (Å²) < 4.78 is 21.9. The van der Waals surface area contributed by atoms with Gasteiger partial charge in [-0.25, -0.2) is 0 Å². The summed E-state index contributed by atoms with van der Waals surface area (Å²) in [5.74, 6) is 0. The third-order valence-electron chi connectivity index (χ3n) is 1.02. The molecule has 1 unspecified atom stereocenters. The van der Waals surface area contributed by atoms with Crippen LogP contribution in [0, 0.1) is 0 Å². The van der Waals surface area contributed by atoms with Gasteiger partial charge in [-0.1, -0.05) is 11.6 Å². The van der Waals surface area contributed by atoms with Crippen LogP contribution in [0.4, 0.5) is 0 Å². The molecule has 0 aliphatic carbocycles. The van der Waals surface area contributed by atoms with E-state index in [0.29, 0.717) is 0 Å². The molecule has 0 saturated heterocycles. The van der Waals surface area contributed by atoms with Crippen molar-refractivity contribution in [1.29, 1.82) is 0 Å². The van der Waals surface area contributed by atoms with Crippen LogP contribution in [-0.4, -0.2) is 18.5 Å². The Kier molecular flexibility index (Phi) is 4.37. The summed E-state index contributed by atoms with van der Waals surface area (Å²) in [6.45, 7) is 0. The zero-order chi connectivity index (χ0) is 7.72. The Morgan fingerprint density at radius 1 is 1.82 bits per heavy atom. The molecule has 0 saturated carbocycles. The van der Waals surface area contributed by atoms with Gasteiger partial charge in [-0.3, -0.25) is 8.89 Å². The summed E-state index contributed by atoms with van der Waals surface area (Å²) in [7, 11) is 1.57. The SMILES string of the molecule is Cn1ncc(S(=O)[O-])c1Cl.[Li+]. The average Bonchev–Trinajstić information content (AvgIpc) is 2.14. The minimum absolute atomic E-state index is 0. The van der Waals surface area contributed by atoms with Crippen LogP contribution >= 0.6 is 11.6 Å². The van der Waals surface area contributed by atoms with Gasteiger partial charge < -0.3 is 4.55 Å². The van der Waals surface area contributed by atoms with E-state index in [0.717, 1.165) is 0 Å². The largest absolute Gasteiger partial charge is 1.00 e. The minimum Gasteiger partial charge on any atom is -0.768 e. The Balaban J connectivity index is 0.000001000. The molecule has 1 aromatic heterocycles. The summed E-state index contributed by atoms with van der Waals surface area (Å²) >= 11 is 3.23. The van der Waals surface area contributed by atoms with Crippen LogP contribution in [0.3, 0.4) is 0 Å². The van der Waals surface area contributed by atoms with Crippen LogP contribution < -0.4 is 18.9 Å². The maximum absolute atomic E-state index is 10.3. The van der Waals surface area contributed by atoms with Crippen molar-refractivity contribution in [3.05, 3.63) is 11.3 Å². The molecule has 0 aliphatic rings. The number of nitrogens with zero attached hydrogens (tertiary/aromatic N) is 2. The molecule has 11 heavy (non-hydrogen) atoms. The average molecular weight is 187 g/mol. The second-order valence-electron chi connectivity index (χ2n) is 1.66. The predicted molar refractivity (Wildman–Crippen MR) is 35.4 cm³/mol. The first-order valence-electron chi connectivity index (χ1n) is 2.39. The fraction of sp³-hybridized carbons (Fsp3) is 0.250. The van der Waals surface area contributed by atoms with Gasteiger partial charge in [0, 0.05) is 7.05 Å². The smallest absolute Gasteiger partial charge is 0.768 e. The van der Waals surface area contributed by atoms with E-state index in [1.807, 2.05) is 0 Å². The Bertz CT molecular complexity index is 277. The molecule has 0 N–H and O–H groups in total. The Labute approximate surface area is 83.4 Å². The van der Waals surface area contributed by atoms with Crippen LogP contribution in [0.5, 0.6) is 0 Å². The molecule has 0 amide bonds. The zero-order valence-corrected chi connectivity index (χ0v) is 7.65. The molecule has 0 aliphatic heterocycles. The van der Waals surface area contributed by atoms with E-state index in [4.69, 9.17) is 11.6 Å². The molecule has 0 aromatic carbocycles. The van der Waals surface area contributed by atoms with Gasteiger partial charge in [-0.2, -0.15) is 5.10 Å². The van der Waals surface area contributed by atoms with Crippen molar-refractivity contribution in [2.75, 3.05) is 0 Å². The van der Waals surface area contributed by atoms with Crippen molar-refractivity contribution < 1.29 is 27.6 Å². The Morgan fingerprint density at radius 2 is 2.36 bits per heavy atom. The molecule has 1 rings (SSSR count). The van der Waals surface area contributed by atoms with E-state index in [2.05, 4.69) is 5.10 Å². The topological polar surface area (TPSA) is 58.0 Å². The summed E-state index contributed by atoms with van der Waals surface area (Å²) in [6.07, 6.45) is 1.20. The van der Waals surface area contributed by atoms with Gasteiger partial charge in [0.1, 0.15) is 5.15 Å². The predicted octanol–water partition coefficient (Wildman–Crippen LogP) is -2.68. The third-order valence-corrected chi connectivity index (χ3v) is 2.23. The summed E-state index contributed by atoms with van der Waals surface area (Å²) in [5.41, 5.74) is 0. The molecule has 1 heterocycles. The third kappa shape index (κ3) is 2.32. The first-order valence-corrected chi connectivity index (χ1v) is 3.85. The van der Waals surface area contributed by atoms with Crippen LogP contribution in [0.1, 0.15) is 0 Å². The molecular formula is C4H4ClLiN2O2S. The first kappa shape index (κ1) is 11.2. The Morgan fingerprint density at radius 3 is 2.55 bits per heavy atom. The maximum atomic E-state index is 10.3. The molecule has 1 atom stereocenters. The van der Waals surface area contributed by atoms with E-state index in [1.165, 1.54) is 10.9 Å². The van der Waals surface area contributed by atoms with Gasteiger partial charge in [0.2, 0.25) is 0 Å². The van der Waals surface area contributed by atoms with E-state index < -0.39 is 11.1 Å². The summed E-state index contributed by atoms with van der Waals surface area (Å²) in [5, 5.41) is 3.76. The van der Waals surface area contributed by atoms with E-state index in [-0.39, 0.29) is 28.9 Å². The number of rotatable bonds is 1. The summed E-state index contributed by atoms with van der Waals surface area (Å²) in [4.78, 5) is 0.0316. The number of aryl methyl sites for hydroxylation is 1. The van der Waals surface area contributed by atoms with Crippen molar-refractivity contribution in [3.63, 3.8) is 0 Å². The molecule has 7 heteroatoms. The van der Waals surface area contributed by atoms with Crippen molar-refractivity contribution in [3.8, 4) is 0 Å². The van der Waals surface area contributed by atoms with Crippen LogP contribution in [0.25, 0.3) is 0 Å². The second kappa shape index (κ2) is 4.29. The zero-order valence-electron chi connectivity index (χ0n) is 6.07. The molecule has 1 aromatic rings.